The maximum Gasteiger partial charge on any atom is 0.328 e. The zero-order chi connectivity index (χ0) is 20.5. The standard InChI is InChI=1S/C21H28N6O2/c1-13(2)14(3)23-20(28)16-7-8-17-19(24-16)27(15-9-11-26(17)12-15)21(29)25-18-6-4-5-10-22-18/h4-8,10,13-16,24H,9,11-12H2,1-3H3,(H,23,28)(H,22,25,29)/t14-,15+,16?/m1/s1. The molecule has 4 rings (SSSR count). The van der Waals surface area contributed by atoms with Gasteiger partial charge in [-0.05, 0) is 37.5 Å². The third-order valence-electron chi connectivity index (χ3n) is 5.86. The van der Waals surface area contributed by atoms with Crippen LogP contribution in [0.5, 0.6) is 0 Å². The normalized spacial score (nSPS) is 23.6. The average Bonchev–Trinajstić information content (AvgIpc) is 3.12. The van der Waals surface area contributed by atoms with Crippen LogP contribution in [0.15, 0.2) is 48.1 Å². The topological polar surface area (TPSA) is 89.6 Å². The van der Waals surface area contributed by atoms with Crippen molar-refractivity contribution in [3.63, 3.8) is 0 Å². The van der Waals surface area contributed by atoms with Crippen LogP contribution in [0.1, 0.15) is 27.2 Å². The maximum atomic E-state index is 13.1. The molecule has 0 radical (unpaired) electrons. The molecule has 3 atom stereocenters. The summed E-state index contributed by atoms with van der Waals surface area (Å²) in [6.45, 7) is 7.84. The van der Waals surface area contributed by atoms with Gasteiger partial charge < -0.3 is 15.5 Å². The number of aromatic nitrogens is 1. The Morgan fingerprint density at radius 3 is 2.83 bits per heavy atom. The first-order valence-corrected chi connectivity index (χ1v) is 10.2. The van der Waals surface area contributed by atoms with Crippen molar-refractivity contribution in [3.8, 4) is 0 Å². The number of dihydropyridines is 1. The summed E-state index contributed by atoms with van der Waals surface area (Å²) in [6, 6.07) is 4.78. The Balaban J connectivity index is 1.54. The molecule has 0 aliphatic carbocycles. The first-order valence-electron chi connectivity index (χ1n) is 10.2. The molecule has 1 unspecified atom stereocenters. The fourth-order valence-corrected chi connectivity index (χ4v) is 3.85. The van der Waals surface area contributed by atoms with E-state index in [0.29, 0.717) is 17.6 Å². The van der Waals surface area contributed by atoms with Crippen molar-refractivity contribution in [1.82, 2.24) is 25.4 Å². The minimum Gasteiger partial charge on any atom is -0.366 e. The van der Waals surface area contributed by atoms with Gasteiger partial charge in [0.05, 0.1) is 11.7 Å². The van der Waals surface area contributed by atoms with Gasteiger partial charge in [-0.25, -0.2) is 9.78 Å². The summed E-state index contributed by atoms with van der Waals surface area (Å²) < 4.78 is 0. The highest BCUT2D eigenvalue weighted by Crippen LogP contribution is 2.33. The fourth-order valence-electron chi connectivity index (χ4n) is 3.85. The quantitative estimate of drug-likeness (QED) is 0.723. The van der Waals surface area contributed by atoms with E-state index >= 15 is 0 Å². The molecule has 8 heteroatoms. The Bertz CT molecular complexity index is 850. The molecular formula is C21H28N6O2. The van der Waals surface area contributed by atoms with Crippen molar-refractivity contribution >= 4 is 17.8 Å². The number of nitrogens with one attached hydrogen (secondary N) is 3. The Labute approximate surface area is 171 Å². The molecule has 8 nitrogen and oxygen atoms in total. The first kappa shape index (κ1) is 19.3. The van der Waals surface area contributed by atoms with Crippen LogP contribution in [-0.2, 0) is 4.79 Å². The Morgan fingerprint density at radius 1 is 1.28 bits per heavy atom. The van der Waals surface area contributed by atoms with Gasteiger partial charge in [0.2, 0.25) is 5.91 Å². The molecular weight excluding hydrogens is 368 g/mol. The molecule has 1 aromatic heterocycles. The second kappa shape index (κ2) is 7.77. The summed E-state index contributed by atoms with van der Waals surface area (Å²) >= 11 is 0. The number of fused-ring (bicyclic) bond motifs is 3. The number of hydrogen-bond acceptors (Lipinski definition) is 5. The van der Waals surface area contributed by atoms with Gasteiger partial charge in [-0.2, -0.15) is 0 Å². The van der Waals surface area contributed by atoms with E-state index in [1.165, 1.54) is 0 Å². The second-order valence-corrected chi connectivity index (χ2v) is 8.16. The lowest BCUT2D eigenvalue weighted by Gasteiger charge is -2.41. The van der Waals surface area contributed by atoms with Gasteiger partial charge in [0.15, 0.2) is 0 Å². The number of allylic oxidation sites excluding steroid dienone is 1. The van der Waals surface area contributed by atoms with Crippen molar-refractivity contribution in [2.24, 2.45) is 5.92 Å². The van der Waals surface area contributed by atoms with E-state index in [4.69, 9.17) is 0 Å². The van der Waals surface area contributed by atoms with Crippen molar-refractivity contribution in [2.45, 2.75) is 45.3 Å². The molecule has 4 heterocycles. The van der Waals surface area contributed by atoms with Gasteiger partial charge in [0.1, 0.15) is 17.7 Å². The number of anilines is 1. The Hall–Kier alpha value is -3.03. The lowest BCUT2D eigenvalue weighted by atomic mass is 10.0. The van der Waals surface area contributed by atoms with Gasteiger partial charge in [0, 0.05) is 25.3 Å². The zero-order valence-corrected chi connectivity index (χ0v) is 17.1. The number of nitrogens with zero attached hydrogens (tertiary/aromatic N) is 3. The number of carbonyl (C=O) groups excluding carboxylic acids is 2. The lowest BCUT2D eigenvalue weighted by Crippen LogP contribution is -2.56. The fraction of sp³-hybridized carbons (Fsp3) is 0.476. The van der Waals surface area contributed by atoms with E-state index in [1.54, 1.807) is 23.2 Å². The summed E-state index contributed by atoms with van der Waals surface area (Å²) in [5, 5.41) is 9.23. The molecule has 29 heavy (non-hydrogen) atoms. The molecule has 3 aliphatic heterocycles. The molecule has 2 bridgehead atoms. The first-order chi connectivity index (χ1) is 13.9. The smallest absolute Gasteiger partial charge is 0.328 e. The predicted molar refractivity (Wildman–Crippen MR) is 111 cm³/mol. The van der Waals surface area contributed by atoms with Crippen LogP contribution in [0, 0.1) is 5.92 Å². The second-order valence-electron chi connectivity index (χ2n) is 8.16. The molecule has 0 saturated carbocycles. The third-order valence-corrected chi connectivity index (χ3v) is 5.86. The molecule has 0 aromatic carbocycles. The van der Waals surface area contributed by atoms with Crippen molar-refractivity contribution in [3.05, 3.63) is 48.1 Å². The Kier molecular flexibility index (Phi) is 5.17. The van der Waals surface area contributed by atoms with E-state index in [2.05, 4.69) is 39.7 Å². The highest BCUT2D eigenvalue weighted by molar-refractivity contribution is 5.91. The molecule has 1 saturated heterocycles. The van der Waals surface area contributed by atoms with Crippen LogP contribution in [0.4, 0.5) is 10.6 Å². The van der Waals surface area contributed by atoms with E-state index in [9.17, 15) is 9.59 Å². The molecule has 0 spiro atoms. The van der Waals surface area contributed by atoms with Gasteiger partial charge in [-0.3, -0.25) is 15.0 Å². The number of pyridine rings is 1. The molecule has 3 amide bonds. The van der Waals surface area contributed by atoms with Gasteiger partial charge in [-0.15, -0.1) is 0 Å². The van der Waals surface area contributed by atoms with E-state index < -0.39 is 6.04 Å². The number of amides is 3. The van der Waals surface area contributed by atoms with Crippen LogP contribution in [0.2, 0.25) is 0 Å². The van der Waals surface area contributed by atoms with Crippen LogP contribution in [0.25, 0.3) is 0 Å². The number of urea groups is 1. The molecule has 3 N–H and O–H groups in total. The number of carbonyl (C=O) groups is 2. The van der Waals surface area contributed by atoms with Crippen molar-refractivity contribution in [1.29, 1.82) is 0 Å². The van der Waals surface area contributed by atoms with Crippen LogP contribution in [0.3, 0.4) is 0 Å². The zero-order valence-electron chi connectivity index (χ0n) is 17.1. The summed E-state index contributed by atoms with van der Waals surface area (Å²) in [6.07, 6.45) is 6.36. The SMILES string of the molecule is CC(C)[C@@H](C)NC(=O)C1C=CC2=C(N1)N(C(=O)Nc1ccccn1)[C@H]1CCN2C1. The van der Waals surface area contributed by atoms with Crippen LogP contribution >= 0.6 is 0 Å². The van der Waals surface area contributed by atoms with Gasteiger partial charge in [-0.1, -0.05) is 26.0 Å². The lowest BCUT2D eigenvalue weighted by molar-refractivity contribution is -0.122. The van der Waals surface area contributed by atoms with Crippen molar-refractivity contribution in [2.75, 3.05) is 18.4 Å². The monoisotopic (exact) mass is 396 g/mol. The number of hydrogen-bond donors (Lipinski definition) is 3. The van der Waals surface area contributed by atoms with Gasteiger partial charge >= 0.3 is 6.03 Å². The summed E-state index contributed by atoms with van der Waals surface area (Å²) in [4.78, 5) is 34.1. The molecule has 1 fully saturated rings. The largest absolute Gasteiger partial charge is 0.366 e. The molecule has 154 valence electrons. The van der Waals surface area contributed by atoms with E-state index in [-0.39, 0.29) is 24.0 Å². The summed E-state index contributed by atoms with van der Waals surface area (Å²) in [5.41, 5.74) is 0.955. The molecule has 1 aromatic rings. The van der Waals surface area contributed by atoms with E-state index in [1.807, 2.05) is 25.1 Å². The third kappa shape index (κ3) is 3.79. The highest BCUT2D eigenvalue weighted by atomic mass is 16.2. The van der Waals surface area contributed by atoms with Gasteiger partial charge in [0.25, 0.3) is 0 Å². The summed E-state index contributed by atoms with van der Waals surface area (Å²) in [5.74, 6) is 1.45. The molecule has 3 aliphatic rings. The minimum atomic E-state index is -0.515. The van der Waals surface area contributed by atoms with E-state index in [0.717, 1.165) is 25.2 Å². The average molecular weight is 396 g/mol. The maximum absolute atomic E-state index is 13.1. The minimum absolute atomic E-state index is 0.0646. The van der Waals surface area contributed by atoms with Crippen LogP contribution < -0.4 is 16.0 Å². The summed E-state index contributed by atoms with van der Waals surface area (Å²) in [7, 11) is 0. The predicted octanol–water partition coefficient (Wildman–Crippen LogP) is 1.86. The van der Waals surface area contributed by atoms with Crippen molar-refractivity contribution < 1.29 is 9.59 Å². The number of rotatable bonds is 4. The van der Waals surface area contributed by atoms with Crippen LogP contribution in [-0.4, -0.2) is 57.9 Å². The highest BCUT2D eigenvalue weighted by Gasteiger charge is 2.42. The Morgan fingerprint density at radius 2 is 2.10 bits per heavy atom.